The molecular weight excluding hydrogens is 430 g/mol. The van der Waals surface area contributed by atoms with Gasteiger partial charge >= 0.3 is 0 Å². The van der Waals surface area contributed by atoms with E-state index in [4.69, 9.17) is 19.2 Å². The summed E-state index contributed by atoms with van der Waals surface area (Å²) in [7, 11) is 3.28. The second-order valence-electron chi connectivity index (χ2n) is 8.26. The second kappa shape index (κ2) is 9.47. The molecule has 1 amide bonds. The lowest BCUT2D eigenvalue weighted by atomic mass is 10.1. The Balaban J connectivity index is 1.35. The van der Waals surface area contributed by atoms with Gasteiger partial charge in [-0.3, -0.25) is 4.79 Å². The van der Waals surface area contributed by atoms with Crippen LogP contribution in [-0.2, 0) is 11.2 Å². The average Bonchev–Trinajstić information content (AvgIpc) is 3.05. The lowest BCUT2D eigenvalue weighted by Gasteiger charge is -2.36. The molecule has 3 aromatic rings. The summed E-state index contributed by atoms with van der Waals surface area (Å²) in [6, 6.07) is 21.2. The lowest BCUT2D eigenvalue weighted by molar-refractivity contribution is -0.131. The highest BCUT2D eigenvalue weighted by molar-refractivity contribution is 6.04. The Morgan fingerprint density at radius 3 is 2.44 bits per heavy atom. The maximum absolute atomic E-state index is 13.0. The van der Waals surface area contributed by atoms with Gasteiger partial charge < -0.3 is 24.0 Å². The minimum absolute atomic E-state index is 0.117. The highest BCUT2D eigenvalue weighted by Crippen LogP contribution is 2.39. The topological polar surface area (TPSA) is 63.6 Å². The van der Waals surface area contributed by atoms with Crippen molar-refractivity contribution in [3.63, 3.8) is 0 Å². The Hall–Kier alpha value is -4.00. The maximum atomic E-state index is 13.0. The van der Waals surface area contributed by atoms with Crippen molar-refractivity contribution in [1.29, 1.82) is 0 Å². The van der Waals surface area contributed by atoms with Crippen LogP contribution >= 0.6 is 0 Å². The van der Waals surface area contributed by atoms with Gasteiger partial charge in [0.15, 0.2) is 5.75 Å². The van der Waals surface area contributed by atoms with Crippen LogP contribution in [0.25, 0.3) is 0 Å². The number of rotatable bonds is 4. The fourth-order valence-corrected chi connectivity index (χ4v) is 4.31. The summed E-state index contributed by atoms with van der Waals surface area (Å²) in [5.41, 5.74) is 2.62. The predicted molar refractivity (Wildman–Crippen MR) is 131 cm³/mol. The van der Waals surface area contributed by atoms with Gasteiger partial charge in [0, 0.05) is 26.2 Å². The number of hydrogen-bond donors (Lipinski definition) is 0. The number of carbonyl (C=O) groups is 1. The van der Waals surface area contributed by atoms with E-state index in [1.54, 1.807) is 14.2 Å². The molecule has 7 heteroatoms. The molecule has 1 fully saturated rings. The van der Waals surface area contributed by atoms with Crippen molar-refractivity contribution >= 4 is 17.4 Å². The van der Waals surface area contributed by atoms with Gasteiger partial charge in [0.1, 0.15) is 28.8 Å². The number of piperazine rings is 1. The van der Waals surface area contributed by atoms with Crippen molar-refractivity contribution < 1.29 is 19.0 Å². The standard InChI is InChI=1S/C27H27N3O4/c1-32-20-7-5-6-19(16-20)17-26(31)29-12-14-30(15-13-29)27-22-18-21(33-2)10-11-24(22)34-25-9-4-3-8-23(25)28-27/h3-11,16,18H,12-15,17H2,1-2H3. The van der Waals surface area contributed by atoms with E-state index in [9.17, 15) is 4.79 Å². The Morgan fingerprint density at radius 1 is 0.882 bits per heavy atom. The van der Waals surface area contributed by atoms with E-state index in [-0.39, 0.29) is 5.91 Å². The van der Waals surface area contributed by atoms with Gasteiger partial charge in [-0.15, -0.1) is 0 Å². The van der Waals surface area contributed by atoms with Crippen molar-refractivity contribution in [2.45, 2.75) is 6.42 Å². The molecule has 174 valence electrons. The van der Waals surface area contributed by atoms with Crippen LogP contribution in [-0.4, -0.2) is 61.9 Å². The van der Waals surface area contributed by atoms with Gasteiger partial charge in [-0.25, -0.2) is 4.99 Å². The third kappa shape index (κ3) is 4.41. The molecule has 5 rings (SSSR count). The Labute approximate surface area is 199 Å². The van der Waals surface area contributed by atoms with Gasteiger partial charge in [-0.2, -0.15) is 0 Å². The first-order chi connectivity index (χ1) is 16.6. The van der Waals surface area contributed by atoms with Gasteiger partial charge in [0.2, 0.25) is 5.91 Å². The van der Waals surface area contributed by atoms with Gasteiger partial charge in [-0.05, 0) is 48.0 Å². The van der Waals surface area contributed by atoms with E-state index in [1.807, 2.05) is 71.6 Å². The molecule has 0 bridgehead atoms. The van der Waals surface area contributed by atoms with Crippen LogP contribution in [0.1, 0.15) is 11.1 Å². The Kier molecular flexibility index (Phi) is 6.08. The van der Waals surface area contributed by atoms with Crippen LogP contribution in [0.5, 0.6) is 23.0 Å². The molecule has 2 heterocycles. The molecule has 1 saturated heterocycles. The van der Waals surface area contributed by atoms with E-state index < -0.39 is 0 Å². The first kappa shape index (κ1) is 21.8. The van der Waals surface area contributed by atoms with E-state index >= 15 is 0 Å². The molecule has 0 spiro atoms. The van der Waals surface area contributed by atoms with Crippen LogP contribution in [0.15, 0.2) is 71.7 Å². The number of amides is 1. The number of fused-ring (bicyclic) bond motifs is 2. The van der Waals surface area contributed by atoms with Crippen LogP contribution in [0, 0.1) is 0 Å². The summed E-state index contributed by atoms with van der Waals surface area (Å²) in [5, 5.41) is 0. The minimum atomic E-state index is 0.117. The SMILES string of the molecule is COc1cccc(CC(=O)N2CCN(C3=Nc4ccccc4Oc4ccc(OC)cc43)CC2)c1. The fraction of sp³-hybridized carbons (Fsp3) is 0.259. The highest BCUT2D eigenvalue weighted by atomic mass is 16.5. The number of amidine groups is 1. The molecule has 0 atom stereocenters. The van der Waals surface area contributed by atoms with Crippen LogP contribution in [0.2, 0.25) is 0 Å². The number of nitrogens with zero attached hydrogens (tertiary/aromatic N) is 3. The zero-order chi connectivity index (χ0) is 23.5. The van der Waals surface area contributed by atoms with E-state index in [1.165, 1.54) is 0 Å². The quantitative estimate of drug-likeness (QED) is 0.585. The lowest BCUT2D eigenvalue weighted by Crippen LogP contribution is -2.51. The highest BCUT2D eigenvalue weighted by Gasteiger charge is 2.28. The third-order valence-electron chi connectivity index (χ3n) is 6.16. The zero-order valence-electron chi connectivity index (χ0n) is 19.4. The fourth-order valence-electron chi connectivity index (χ4n) is 4.31. The summed E-state index contributed by atoms with van der Waals surface area (Å²) in [5.74, 6) is 3.91. The monoisotopic (exact) mass is 457 g/mol. The number of ether oxygens (including phenoxy) is 3. The van der Waals surface area contributed by atoms with Crippen LogP contribution < -0.4 is 14.2 Å². The van der Waals surface area contributed by atoms with Crippen molar-refractivity contribution in [3.05, 3.63) is 77.9 Å². The second-order valence-corrected chi connectivity index (χ2v) is 8.26. The predicted octanol–water partition coefficient (Wildman–Crippen LogP) is 4.27. The molecule has 2 aliphatic heterocycles. The number of benzene rings is 3. The maximum Gasteiger partial charge on any atom is 0.227 e. The molecule has 7 nitrogen and oxygen atoms in total. The number of hydrogen-bond acceptors (Lipinski definition) is 6. The Morgan fingerprint density at radius 2 is 1.65 bits per heavy atom. The molecule has 0 aliphatic carbocycles. The van der Waals surface area contributed by atoms with Crippen molar-refractivity contribution in [2.75, 3.05) is 40.4 Å². The summed E-state index contributed by atoms with van der Waals surface area (Å²) in [6.07, 6.45) is 0.361. The first-order valence-corrected chi connectivity index (χ1v) is 11.3. The molecule has 0 unspecified atom stereocenters. The van der Waals surface area contributed by atoms with Crippen LogP contribution in [0.3, 0.4) is 0 Å². The van der Waals surface area contributed by atoms with E-state index in [2.05, 4.69) is 4.90 Å². The first-order valence-electron chi connectivity index (χ1n) is 11.3. The number of para-hydroxylation sites is 2. The summed E-state index contributed by atoms with van der Waals surface area (Å²) in [4.78, 5) is 22.1. The van der Waals surface area contributed by atoms with Gasteiger partial charge in [0.05, 0.1) is 26.2 Å². The Bertz CT molecular complexity index is 1230. The summed E-state index contributed by atoms with van der Waals surface area (Å²) < 4.78 is 16.9. The largest absolute Gasteiger partial charge is 0.497 e. The molecule has 0 saturated carbocycles. The smallest absolute Gasteiger partial charge is 0.227 e. The molecule has 2 aliphatic rings. The molecule has 0 radical (unpaired) electrons. The van der Waals surface area contributed by atoms with Crippen LogP contribution in [0.4, 0.5) is 5.69 Å². The van der Waals surface area contributed by atoms with Crippen molar-refractivity contribution in [2.24, 2.45) is 4.99 Å². The summed E-state index contributed by atoms with van der Waals surface area (Å²) >= 11 is 0. The molecule has 0 N–H and O–H groups in total. The van der Waals surface area contributed by atoms with E-state index in [0.717, 1.165) is 45.6 Å². The zero-order valence-corrected chi connectivity index (χ0v) is 19.4. The van der Waals surface area contributed by atoms with Crippen molar-refractivity contribution in [1.82, 2.24) is 9.80 Å². The van der Waals surface area contributed by atoms with E-state index in [0.29, 0.717) is 32.6 Å². The number of aliphatic imine (C=N–C) groups is 1. The summed E-state index contributed by atoms with van der Waals surface area (Å²) in [6.45, 7) is 2.62. The van der Waals surface area contributed by atoms with Crippen molar-refractivity contribution in [3.8, 4) is 23.0 Å². The third-order valence-corrected chi connectivity index (χ3v) is 6.16. The molecule has 0 aromatic heterocycles. The molecular formula is C27H27N3O4. The average molecular weight is 458 g/mol. The van der Waals surface area contributed by atoms with Gasteiger partial charge in [-0.1, -0.05) is 24.3 Å². The number of methoxy groups -OCH3 is 2. The number of carbonyl (C=O) groups excluding carboxylic acids is 1. The minimum Gasteiger partial charge on any atom is -0.497 e. The molecule has 3 aromatic carbocycles. The molecule has 34 heavy (non-hydrogen) atoms. The normalized spacial score (nSPS) is 14.8. The van der Waals surface area contributed by atoms with Gasteiger partial charge in [0.25, 0.3) is 0 Å².